The molecule has 0 aromatic carbocycles. The predicted octanol–water partition coefficient (Wildman–Crippen LogP) is 0.905. The summed E-state index contributed by atoms with van der Waals surface area (Å²) < 4.78 is 7.63. The Labute approximate surface area is 103 Å². The van der Waals surface area contributed by atoms with Crippen molar-refractivity contribution >= 4 is 0 Å². The van der Waals surface area contributed by atoms with Crippen molar-refractivity contribution in [2.24, 2.45) is 7.05 Å². The second-order valence-corrected chi connectivity index (χ2v) is 4.68. The van der Waals surface area contributed by atoms with E-state index in [-0.39, 0.29) is 0 Å². The molecule has 0 spiro atoms. The Bertz CT molecular complexity index is 339. The van der Waals surface area contributed by atoms with Crippen molar-refractivity contribution in [1.82, 2.24) is 20.1 Å². The SMILES string of the molecule is CCC1CC(NCCc2nncn2C)CCO1. The fourth-order valence-corrected chi connectivity index (χ4v) is 2.27. The second-order valence-electron chi connectivity index (χ2n) is 4.68. The zero-order valence-electron chi connectivity index (χ0n) is 10.7. The van der Waals surface area contributed by atoms with E-state index in [0.717, 1.165) is 44.7 Å². The summed E-state index contributed by atoms with van der Waals surface area (Å²) in [6.07, 6.45) is 6.49. The van der Waals surface area contributed by atoms with Gasteiger partial charge in [0.2, 0.25) is 0 Å². The van der Waals surface area contributed by atoms with Crippen LogP contribution in [0.5, 0.6) is 0 Å². The van der Waals surface area contributed by atoms with Gasteiger partial charge in [-0.1, -0.05) is 6.92 Å². The Balaban J connectivity index is 1.70. The van der Waals surface area contributed by atoms with Gasteiger partial charge in [-0.3, -0.25) is 0 Å². The van der Waals surface area contributed by atoms with Crippen LogP contribution in [0.2, 0.25) is 0 Å². The van der Waals surface area contributed by atoms with Crippen molar-refractivity contribution in [3.63, 3.8) is 0 Å². The summed E-state index contributed by atoms with van der Waals surface area (Å²) in [7, 11) is 1.98. The van der Waals surface area contributed by atoms with Gasteiger partial charge >= 0.3 is 0 Å². The van der Waals surface area contributed by atoms with E-state index < -0.39 is 0 Å². The molecule has 0 radical (unpaired) electrons. The lowest BCUT2D eigenvalue weighted by Crippen LogP contribution is -2.39. The predicted molar refractivity (Wildman–Crippen MR) is 65.8 cm³/mol. The van der Waals surface area contributed by atoms with Crippen molar-refractivity contribution < 1.29 is 4.74 Å². The van der Waals surface area contributed by atoms with Crippen LogP contribution >= 0.6 is 0 Å². The summed E-state index contributed by atoms with van der Waals surface area (Å²) in [5, 5.41) is 11.5. The summed E-state index contributed by atoms with van der Waals surface area (Å²) in [6.45, 7) is 4.04. The maximum absolute atomic E-state index is 5.66. The third-order valence-electron chi connectivity index (χ3n) is 3.41. The van der Waals surface area contributed by atoms with Gasteiger partial charge in [-0.05, 0) is 19.3 Å². The van der Waals surface area contributed by atoms with E-state index in [9.17, 15) is 0 Å². The molecule has 1 N–H and O–H groups in total. The standard InChI is InChI=1S/C12H22N4O/c1-3-11-8-10(5-7-17-11)13-6-4-12-15-14-9-16(12)2/h9-11,13H,3-8H2,1-2H3. The van der Waals surface area contributed by atoms with Gasteiger partial charge in [-0.2, -0.15) is 0 Å². The Morgan fingerprint density at radius 1 is 1.59 bits per heavy atom. The lowest BCUT2D eigenvalue weighted by Gasteiger charge is -2.29. The van der Waals surface area contributed by atoms with E-state index in [1.807, 2.05) is 11.6 Å². The summed E-state index contributed by atoms with van der Waals surface area (Å²) in [5.41, 5.74) is 0. The van der Waals surface area contributed by atoms with Gasteiger partial charge in [0.25, 0.3) is 0 Å². The van der Waals surface area contributed by atoms with Crippen LogP contribution < -0.4 is 5.32 Å². The number of nitrogens with one attached hydrogen (secondary N) is 1. The lowest BCUT2D eigenvalue weighted by atomic mass is 10.0. The van der Waals surface area contributed by atoms with Crippen LogP contribution in [0.25, 0.3) is 0 Å². The van der Waals surface area contributed by atoms with Crippen molar-refractivity contribution in [3.8, 4) is 0 Å². The van der Waals surface area contributed by atoms with E-state index in [1.165, 1.54) is 0 Å². The maximum Gasteiger partial charge on any atom is 0.133 e. The van der Waals surface area contributed by atoms with Crippen molar-refractivity contribution in [2.45, 2.75) is 44.8 Å². The summed E-state index contributed by atoms with van der Waals surface area (Å²) >= 11 is 0. The molecule has 0 amide bonds. The number of ether oxygens (including phenoxy) is 1. The Hall–Kier alpha value is -0.940. The monoisotopic (exact) mass is 238 g/mol. The van der Waals surface area contributed by atoms with E-state index in [2.05, 4.69) is 22.4 Å². The van der Waals surface area contributed by atoms with Gasteiger partial charge in [0.15, 0.2) is 0 Å². The fourth-order valence-electron chi connectivity index (χ4n) is 2.27. The number of aryl methyl sites for hydroxylation is 1. The molecule has 1 aromatic heterocycles. The van der Waals surface area contributed by atoms with Crippen molar-refractivity contribution in [2.75, 3.05) is 13.2 Å². The quantitative estimate of drug-likeness (QED) is 0.828. The molecule has 2 rings (SSSR count). The molecule has 1 saturated heterocycles. The van der Waals surface area contributed by atoms with Crippen molar-refractivity contribution in [3.05, 3.63) is 12.2 Å². The van der Waals surface area contributed by atoms with Crippen LogP contribution in [0.3, 0.4) is 0 Å². The van der Waals surface area contributed by atoms with E-state index in [4.69, 9.17) is 4.74 Å². The third-order valence-corrected chi connectivity index (χ3v) is 3.41. The lowest BCUT2D eigenvalue weighted by molar-refractivity contribution is 0.0000916. The molecule has 0 saturated carbocycles. The number of nitrogens with zero attached hydrogens (tertiary/aromatic N) is 3. The highest BCUT2D eigenvalue weighted by molar-refractivity contribution is 4.86. The molecule has 2 heterocycles. The van der Waals surface area contributed by atoms with E-state index in [1.54, 1.807) is 6.33 Å². The van der Waals surface area contributed by atoms with Crippen LogP contribution in [0.4, 0.5) is 0 Å². The minimum atomic E-state index is 0.441. The zero-order valence-corrected chi connectivity index (χ0v) is 10.7. The summed E-state index contributed by atoms with van der Waals surface area (Å²) in [4.78, 5) is 0. The molecular formula is C12H22N4O. The first-order valence-electron chi connectivity index (χ1n) is 6.47. The van der Waals surface area contributed by atoms with Gasteiger partial charge in [0.05, 0.1) is 6.10 Å². The summed E-state index contributed by atoms with van der Waals surface area (Å²) in [6, 6.07) is 0.599. The first-order valence-corrected chi connectivity index (χ1v) is 6.47. The van der Waals surface area contributed by atoms with Gasteiger partial charge in [0.1, 0.15) is 12.2 Å². The normalized spacial score (nSPS) is 25.1. The van der Waals surface area contributed by atoms with Crippen molar-refractivity contribution in [1.29, 1.82) is 0 Å². The zero-order chi connectivity index (χ0) is 12.1. The molecule has 1 aliphatic rings. The fraction of sp³-hybridized carbons (Fsp3) is 0.833. The Kier molecular flexibility index (Phi) is 4.50. The molecule has 1 aromatic rings. The number of hydrogen-bond acceptors (Lipinski definition) is 4. The molecule has 96 valence electrons. The largest absolute Gasteiger partial charge is 0.378 e. The highest BCUT2D eigenvalue weighted by atomic mass is 16.5. The van der Waals surface area contributed by atoms with Crippen LogP contribution in [0.1, 0.15) is 32.0 Å². The van der Waals surface area contributed by atoms with Crippen LogP contribution in [0, 0.1) is 0 Å². The number of rotatable bonds is 5. The topological polar surface area (TPSA) is 52.0 Å². The second kappa shape index (κ2) is 6.12. The Morgan fingerprint density at radius 3 is 3.18 bits per heavy atom. The average Bonchev–Trinajstić information content (AvgIpc) is 2.76. The van der Waals surface area contributed by atoms with E-state index >= 15 is 0 Å². The van der Waals surface area contributed by atoms with E-state index in [0.29, 0.717) is 12.1 Å². The van der Waals surface area contributed by atoms with Gasteiger partial charge < -0.3 is 14.6 Å². The molecule has 1 aliphatic heterocycles. The van der Waals surface area contributed by atoms with Gasteiger partial charge in [0, 0.05) is 32.7 Å². The molecule has 17 heavy (non-hydrogen) atoms. The number of hydrogen-bond donors (Lipinski definition) is 1. The smallest absolute Gasteiger partial charge is 0.133 e. The first-order chi connectivity index (χ1) is 8.29. The highest BCUT2D eigenvalue weighted by Gasteiger charge is 2.20. The molecule has 0 aliphatic carbocycles. The molecular weight excluding hydrogens is 216 g/mol. The Morgan fingerprint density at radius 2 is 2.47 bits per heavy atom. The van der Waals surface area contributed by atoms with Gasteiger partial charge in [-0.25, -0.2) is 0 Å². The molecule has 2 unspecified atom stereocenters. The third kappa shape index (κ3) is 3.51. The molecule has 2 atom stereocenters. The highest BCUT2D eigenvalue weighted by Crippen LogP contribution is 2.16. The number of aromatic nitrogens is 3. The average molecular weight is 238 g/mol. The summed E-state index contributed by atoms with van der Waals surface area (Å²) in [5.74, 6) is 1.04. The molecule has 0 bridgehead atoms. The molecule has 5 nitrogen and oxygen atoms in total. The van der Waals surface area contributed by atoms with Crippen LogP contribution in [-0.4, -0.2) is 40.1 Å². The molecule has 5 heteroatoms. The van der Waals surface area contributed by atoms with Gasteiger partial charge in [-0.15, -0.1) is 10.2 Å². The minimum Gasteiger partial charge on any atom is -0.378 e. The minimum absolute atomic E-state index is 0.441. The first kappa shape index (κ1) is 12.5. The van der Waals surface area contributed by atoms with Crippen LogP contribution in [-0.2, 0) is 18.2 Å². The van der Waals surface area contributed by atoms with Crippen LogP contribution in [0.15, 0.2) is 6.33 Å². The maximum atomic E-state index is 5.66. The molecule has 1 fully saturated rings.